The van der Waals surface area contributed by atoms with Crippen LogP contribution in [0.2, 0.25) is 0 Å². The topological polar surface area (TPSA) is 66.9 Å². The van der Waals surface area contributed by atoms with E-state index in [1.807, 2.05) is 19.1 Å². The smallest absolute Gasteiger partial charge is 0.262 e. The molecule has 0 bridgehead atoms. The minimum absolute atomic E-state index is 0.142. The quantitative estimate of drug-likeness (QED) is 0.595. The lowest BCUT2D eigenvalue weighted by Gasteiger charge is -2.08. The first-order valence-electron chi connectivity index (χ1n) is 7.79. The summed E-state index contributed by atoms with van der Waals surface area (Å²) in [4.78, 5) is 28.9. The van der Waals surface area contributed by atoms with Gasteiger partial charge >= 0.3 is 0 Å². The van der Waals surface area contributed by atoms with Crippen molar-refractivity contribution >= 4 is 56.3 Å². The highest BCUT2D eigenvalue weighted by molar-refractivity contribution is 9.11. The summed E-state index contributed by atoms with van der Waals surface area (Å²) in [6, 6.07) is 9.04. The number of carbonyl (C=O) groups is 1. The first-order chi connectivity index (χ1) is 12.0. The molecule has 0 radical (unpaired) electrons. The summed E-state index contributed by atoms with van der Waals surface area (Å²) < 4.78 is 2.94. The van der Waals surface area contributed by atoms with Crippen molar-refractivity contribution < 1.29 is 4.79 Å². The Morgan fingerprint density at radius 2 is 2.16 bits per heavy atom. The van der Waals surface area contributed by atoms with Crippen molar-refractivity contribution in [1.29, 1.82) is 0 Å². The summed E-state index contributed by atoms with van der Waals surface area (Å²) >= 11 is 10.3. The van der Waals surface area contributed by atoms with Gasteiger partial charge in [0, 0.05) is 23.5 Å². The number of carbonyl (C=O) groups excluding carboxylic acids is 1. The van der Waals surface area contributed by atoms with Crippen LogP contribution in [-0.2, 0) is 13.0 Å². The van der Waals surface area contributed by atoms with Crippen LogP contribution in [0, 0.1) is 4.77 Å². The fourth-order valence-electron chi connectivity index (χ4n) is 2.57. The Morgan fingerprint density at radius 1 is 1.36 bits per heavy atom. The van der Waals surface area contributed by atoms with Crippen LogP contribution in [0.3, 0.4) is 0 Å². The Kier molecular flexibility index (Phi) is 5.51. The molecule has 0 spiro atoms. The number of nitrogens with one attached hydrogen (secondary N) is 2. The average Bonchev–Trinajstić information content (AvgIpc) is 3.00. The van der Waals surface area contributed by atoms with Crippen LogP contribution in [0.25, 0.3) is 10.9 Å². The van der Waals surface area contributed by atoms with Crippen LogP contribution in [0.15, 0.2) is 38.9 Å². The predicted octanol–water partition coefficient (Wildman–Crippen LogP) is 3.88. The highest BCUT2D eigenvalue weighted by Gasteiger charge is 2.10. The van der Waals surface area contributed by atoms with Crippen molar-refractivity contribution in [2.45, 2.75) is 19.9 Å². The summed E-state index contributed by atoms with van der Waals surface area (Å²) in [6.07, 6.45) is 0.777. The maximum Gasteiger partial charge on any atom is 0.262 e. The molecule has 0 unspecified atom stereocenters. The molecule has 8 heteroatoms. The molecule has 2 aromatic heterocycles. The first-order valence-corrected chi connectivity index (χ1v) is 9.80. The van der Waals surface area contributed by atoms with Gasteiger partial charge in [-0.25, -0.2) is 0 Å². The Balaban J connectivity index is 1.78. The zero-order valence-electron chi connectivity index (χ0n) is 13.5. The second-order valence-electron chi connectivity index (χ2n) is 5.45. The summed E-state index contributed by atoms with van der Waals surface area (Å²) in [7, 11) is 0. The molecule has 2 N–H and O–H groups in total. The number of halogens is 1. The van der Waals surface area contributed by atoms with Crippen molar-refractivity contribution in [3.05, 3.63) is 59.7 Å². The average molecular weight is 438 g/mol. The number of benzene rings is 1. The molecule has 0 atom stereocenters. The summed E-state index contributed by atoms with van der Waals surface area (Å²) in [5, 5.41) is 3.43. The third kappa shape index (κ3) is 3.91. The van der Waals surface area contributed by atoms with E-state index in [0.717, 1.165) is 10.2 Å². The molecule has 1 amide bonds. The van der Waals surface area contributed by atoms with Crippen molar-refractivity contribution in [3.63, 3.8) is 0 Å². The molecule has 5 nitrogen and oxygen atoms in total. The highest BCUT2D eigenvalue weighted by Crippen LogP contribution is 2.22. The molecule has 0 aliphatic heterocycles. The van der Waals surface area contributed by atoms with E-state index in [1.54, 1.807) is 29.5 Å². The third-order valence-electron chi connectivity index (χ3n) is 3.85. The van der Waals surface area contributed by atoms with Gasteiger partial charge in [0.05, 0.1) is 14.7 Å². The van der Waals surface area contributed by atoms with Crippen LogP contribution in [-0.4, -0.2) is 22.0 Å². The Bertz CT molecular complexity index is 1050. The molecule has 0 saturated carbocycles. The maximum absolute atomic E-state index is 12.4. The molecule has 25 heavy (non-hydrogen) atoms. The largest absolute Gasteiger partial charge is 0.352 e. The lowest BCUT2D eigenvalue weighted by molar-refractivity contribution is 0.0954. The SMILES string of the molecule is CCn1c(=S)[nH]c2cc(C(=O)NCCc3ccc(Br)s3)ccc2c1=O. The van der Waals surface area contributed by atoms with Crippen LogP contribution >= 0.6 is 39.5 Å². The number of H-pyrrole nitrogens is 1. The lowest BCUT2D eigenvalue weighted by atomic mass is 10.1. The third-order valence-corrected chi connectivity index (χ3v) is 5.85. The van der Waals surface area contributed by atoms with Gasteiger partial charge in [-0.2, -0.15) is 0 Å². The fourth-order valence-corrected chi connectivity index (χ4v) is 4.37. The number of hydrogen-bond donors (Lipinski definition) is 2. The molecule has 3 rings (SSSR count). The molecule has 1 aromatic carbocycles. The van der Waals surface area contributed by atoms with E-state index in [2.05, 4.69) is 26.2 Å². The van der Waals surface area contributed by atoms with Gasteiger partial charge in [0.2, 0.25) is 0 Å². The lowest BCUT2D eigenvalue weighted by Crippen LogP contribution is -2.26. The van der Waals surface area contributed by atoms with Gasteiger partial charge in [0.25, 0.3) is 11.5 Å². The van der Waals surface area contributed by atoms with Crippen molar-refractivity contribution in [1.82, 2.24) is 14.9 Å². The van der Waals surface area contributed by atoms with Crippen molar-refractivity contribution in [2.75, 3.05) is 6.54 Å². The zero-order valence-corrected chi connectivity index (χ0v) is 16.7. The molecular formula is C17H16BrN3O2S2. The molecule has 3 aromatic rings. The minimum atomic E-state index is -0.170. The standard InChI is InChI=1S/C17H16BrN3O2S2/c1-2-21-16(23)12-5-3-10(9-13(12)20-17(21)24)15(22)19-8-7-11-4-6-14(18)25-11/h3-6,9H,2,7-8H2,1H3,(H,19,22)(H,20,24). The summed E-state index contributed by atoms with van der Waals surface area (Å²) in [5.74, 6) is -0.170. The molecule has 2 heterocycles. The molecule has 0 fully saturated rings. The molecule has 0 saturated heterocycles. The number of aromatic nitrogens is 2. The van der Waals surface area contributed by atoms with E-state index >= 15 is 0 Å². The van der Waals surface area contributed by atoms with Crippen LogP contribution < -0.4 is 10.9 Å². The van der Waals surface area contributed by atoms with Crippen molar-refractivity contribution in [3.8, 4) is 0 Å². The second kappa shape index (κ2) is 7.63. The fraction of sp³-hybridized carbons (Fsp3) is 0.235. The van der Waals surface area contributed by atoms with Gasteiger partial charge in [-0.1, -0.05) is 0 Å². The number of aromatic amines is 1. The second-order valence-corrected chi connectivity index (χ2v) is 8.39. The molecule has 0 aliphatic rings. The maximum atomic E-state index is 12.4. The Morgan fingerprint density at radius 3 is 2.84 bits per heavy atom. The van der Waals surface area contributed by atoms with Gasteiger partial charge in [0.1, 0.15) is 0 Å². The normalized spacial score (nSPS) is 11.0. The van der Waals surface area contributed by atoms with E-state index in [9.17, 15) is 9.59 Å². The van der Waals surface area contributed by atoms with Gasteiger partial charge in [-0.15, -0.1) is 11.3 Å². The Labute approximate surface area is 161 Å². The number of hydrogen-bond acceptors (Lipinski definition) is 4. The van der Waals surface area contributed by atoms with Crippen LogP contribution in [0.1, 0.15) is 22.2 Å². The number of amides is 1. The zero-order chi connectivity index (χ0) is 18.0. The minimum Gasteiger partial charge on any atom is -0.352 e. The predicted molar refractivity (Wildman–Crippen MR) is 107 cm³/mol. The molecule has 0 aliphatic carbocycles. The van der Waals surface area contributed by atoms with E-state index in [-0.39, 0.29) is 11.5 Å². The van der Waals surface area contributed by atoms with Gasteiger partial charge in [-0.3, -0.25) is 14.2 Å². The van der Waals surface area contributed by atoms with E-state index in [4.69, 9.17) is 12.2 Å². The van der Waals surface area contributed by atoms with E-state index < -0.39 is 0 Å². The highest BCUT2D eigenvalue weighted by atomic mass is 79.9. The summed E-state index contributed by atoms with van der Waals surface area (Å²) in [5.41, 5.74) is 0.935. The number of nitrogens with zero attached hydrogens (tertiary/aromatic N) is 1. The first kappa shape index (κ1) is 18.0. The van der Waals surface area contributed by atoms with Gasteiger partial charge in [-0.05, 0) is 71.8 Å². The van der Waals surface area contributed by atoms with Crippen LogP contribution in [0.5, 0.6) is 0 Å². The van der Waals surface area contributed by atoms with Crippen LogP contribution in [0.4, 0.5) is 0 Å². The number of fused-ring (bicyclic) bond motifs is 1. The van der Waals surface area contributed by atoms with E-state index in [1.165, 1.54) is 9.44 Å². The van der Waals surface area contributed by atoms with E-state index in [0.29, 0.717) is 34.3 Å². The van der Waals surface area contributed by atoms with Crippen molar-refractivity contribution in [2.24, 2.45) is 0 Å². The van der Waals surface area contributed by atoms with Gasteiger partial charge in [0.15, 0.2) is 4.77 Å². The molecule has 130 valence electrons. The number of rotatable bonds is 5. The Hall–Kier alpha value is -1.77. The number of thiophene rings is 1. The monoisotopic (exact) mass is 437 g/mol. The molecular weight excluding hydrogens is 422 g/mol. The van der Waals surface area contributed by atoms with Gasteiger partial charge < -0.3 is 10.3 Å². The summed E-state index contributed by atoms with van der Waals surface area (Å²) in [6.45, 7) is 2.92.